The summed E-state index contributed by atoms with van der Waals surface area (Å²) in [6.07, 6.45) is 6.32. The third-order valence-corrected chi connectivity index (χ3v) is 3.53. The first kappa shape index (κ1) is 11.6. The molecule has 1 unspecified atom stereocenters. The summed E-state index contributed by atoms with van der Waals surface area (Å²) in [5.41, 5.74) is 3.98. The molecule has 16 heavy (non-hydrogen) atoms. The quantitative estimate of drug-likeness (QED) is 0.609. The van der Waals surface area contributed by atoms with Crippen LogP contribution in [0.5, 0.6) is 0 Å². The van der Waals surface area contributed by atoms with Crippen molar-refractivity contribution >= 4 is 0 Å². The first-order valence-electron chi connectivity index (χ1n) is 6.03. The van der Waals surface area contributed by atoms with E-state index in [2.05, 4.69) is 5.43 Å². The van der Waals surface area contributed by atoms with Crippen molar-refractivity contribution in [3.63, 3.8) is 0 Å². The van der Waals surface area contributed by atoms with Gasteiger partial charge in [0.15, 0.2) is 0 Å². The van der Waals surface area contributed by atoms with E-state index in [4.69, 9.17) is 5.84 Å². The molecule has 0 aromatic heterocycles. The number of hydrogen-bond donors (Lipinski definition) is 2. The summed E-state index contributed by atoms with van der Waals surface area (Å²) >= 11 is 0. The van der Waals surface area contributed by atoms with Crippen molar-refractivity contribution in [2.45, 2.75) is 38.1 Å². The van der Waals surface area contributed by atoms with Gasteiger partial charge < -0.3 is 0 Å². The fraction of sp³-hybridized carbons (Fsp3) is 0.538. The number of benzene rings is 1. The molecular formula is C13H19FN2. The zero-order chi connectivity index (χ0) is 11.4. The van der Waals surface area contributed by atoms with Crippen LogP contribution in [-0.4, -0.2) is 0 Å². The number of hydrogen-bond acceptors (Lipinski definition) is 2. The van der Waals surface area contributed by atoms with Gasteiger partial charge in [-0.2, -0.15) is 0 Å². The molecule has 1 aromatic carbocycles. The standard InChI is InChI=1S/C13H19FN2/c14-12-8-6-11(7-9-12)13(16-15)10-4-2-1-3-5-10/h6-10,13,16H,1-5,15H2. The maximum Gasteiger partial charge on any atom is 0.123 e. The lowest BCUT2D eigenvalue weighted by Crippen LogP contribution is -2.34. The average molecular weight is 222 g/mol. The molecule has 1 aliphatic carbocycles. The SMILES string of the molecule is NNC(c1ccc(F)cc1)C1CCCCC1. The van der Waals surface area contributed by atoms with E-state index in [1.165, 1.54) is 44.2 Å². The minimum Gasteiger partial charge on any atom is -0.271 e. The molecule has 3 N–H and O–H groups in total. The predicted molar refractivity (Wildman–Crippen MR) is 63.0 cm³/mol. The minimum absolute atomic E-state index is 0.167. The fourth-order valence-corrected chi connectivity index (χ4v) is 2.64. The summed E-state index contributed by atoms with van der Waals surface area (Å²) in [7, 11) is 0. The second-order valence-corrected chi connectivity index (χ2v) is 4.59. The van der Waals surface area contributed by atoms with Gasteiger partial charge in [-0.15, -0.1) is 0 Å². The van der Waals surface area contributed by atoms with E-state index in [-0.39, 0.29) is 11.9 Å². The minimum atomic E-state index is -0.192. The zero-order valence-corrected chi connectivity index (χ0v) is 9.45. The highest BCUT2D eigenvalue weighted by Crippen LogP contribution is 2.33. The van der Waals surface area contributed by atoms with Gasteiger partial charge in [-0.1, -0.05) is 31.4 Å². The molecule has 0 bridgehead atoms. The Bertz CT molecular complexity index is 317. The lowest BCUT2D eigenvalue weighted by molar-refractivity contribution is 0.273. The molecule has 0 radical (unpaired) electrons. The van der Waals surface area contributed by atoms with E-state index < -0.39 is 0 Å². The van der Waals surface area contributed by atoms with Gasteiger partial charge in [-0.05, 0) is 36.5 Å². The maximum atomic E-state index is 12.8. The van der Waals surface area contributed by atoms with Crippen LogP contribution in [-0.2, 0) is 0 Å². The van der Waals surface area contributed by atoms with Crippen LogP contribution in [0.3, 0.4) is 0 Å². The van der Waals surface area contributed by atoms with Crippen LogP contribution >= 0.6 is 0 Å². The third kappa shape index (κ3) is 2.60. The van der Waals surface area contributed by atoms with E-state index in [1.54, 1.807) is 0 Å². The summed E-state index contributed by atoms with van der Waals surface area (Å²) < 4.78 is 12.8. The second kappa shape index (κ2) is 5.41. The summed E-state index contributed by atoms with van der Waals surface area (Å²) in [5, 5.41) is 0. The molecular weight excluding hydrogens is 203 g/mol. The molecule has 1 aromatic rings. The van der Waals surface area contributed by atoms with E-state index in [9.17, 15) is 4.39 Å². The molecule has 0 amide bonds. The Morgan fingerprint density at radius 2 is 1.75 bits per heavy atom. The maximum absolute atomic E-state index is 12.8. The molecule has 2 nitrogen and oxygen atoms in total. The van der Waals surface area contributed by atoms with Crippen molar-refractivity contribution in [3.05, 3.63) is 35.6 Å². The molecule has 2 rings (SSSR count). The van der Waals surface area contributed by atoms with Crippen LogP contribution in [0.25, 0.3) is 0 Å². The van der Waals surface area contributed by atoms with Crippen molar-refractivity contribution in [2.24, 2.45) is 11.8 Å². The molecule has 0 spiro atoms. The number of hydrazine groups is 1. The highest BCUT2D eigenvalue weighted by Gasteiger charge is 2.23. The average Bonchev–Trinajstić information content (AvgIpc) is 2.34. The van der Waals surface area contributed by atoms with E-state index in [0.29, 0.717) is 5.92 Å². The van der Waals surface area contributed by atoms with Crippen LogP contribution < -0.4 is 11.3 Å². The topological polar surface area (TPSA) is 38.0 Å². The molecule has 1 aliphatic rings. The van der Waals surface area contributed by atoms with Crippen LogP contribution in [0.2, 0.25) is 0 Å². The van der Waals surface area contributed by atoms with Crippen LogP contribution in [0.4, 0.5) is 4.39 Å². The molecule has 1 saturated carbocycles. The Labute approximate surface area is 96.0 Å². The van der Waals surface area contributed by atoms with Crippen molar-refractivity contribution in [2.75, 3.05) is 0 Å². The zero-order valence-electron chi connectivity index (χ0n) is 9.45. The molecule has 0 heterocycles. The normalized spacial score (nSPS) is 19.6. The first-order valence-corrected chi connectivity index (χ1v) is 6.03. The third-order valence-electron chi connectivity index (χ3n) is 3.53. The highest BCUT2D eigenvalue weighted by molar-refractivity contribution is 5.20. The monoisotopic (exact) mass is 222 g/mol. The summed E-state index contributed by atoms with van der Waals surface area (Å²) in [5.74, 6) is 6.03. The van der Waals surface area contributed by atoms with Crippen LogP contribution in [0, 0.1) is 11.7 Å². The van der Waals surface area contributed by atoms with Crippen molar-refractivity contribution in [1.29, 1.82) is 0 Å². The van der Waals surface area contributed by atoms with Gasteiger partial charge in [-0.3, -0.25) is 11.3 Å². The molecule has 1 atom stereocenters. The van der Waals surface area contributed by atoms with E-state index >= 15 is 0 Å². The Kier molecular flexibility index (Phi) is 3.91. The van der Waals surface area contributed by atoms with E-state index in [1.807, 2.05) is 12.1 Å². The molecule has 3 heteroatoms. The summed E-state index contributed by atoms with van der Waals surface area (Å²) in [4.78, 5) is 0. The molecule has 1 fully saturated rings. The molecule has 88 valence electrons. The van der Waals surface area contributed by atoms with Gasteiger partial charge in [0, 0.05) is 6.04 Å². The molecule has 0 saturated heterocycles. The number of nitrogens with one attached hydrogen (secondary N) is 1. The fourth-order valence-electron chi connectivity index (χ4n) is 2.64. The van der Waals surface area contributed by atoms with E-state index in [0.717, 1.165) is 5.56 Å². The largest absolute Gasteiger partial charge is 0.271 e. The smallest absolute Gasteiger partial charge is 0.123 e. The Morgan fingerprint density at radius 1 is 1.12 bits per heavy atom. The van der Waals surface area contributed by atoms with Gasteiger partial charge in [0.2, 0.25) is 0 Å². The van der Waals surface area contributed by atoms with Crippen LogP contribution in [0.1, 0.15) is 43.7 Å². The van der Waals surface area contributed by atoms with Gasteiger partial charge >= 0.3 is 0 Å². The number of nitrogens with two attached hydrogens (primary N) is 1. The lowest BCUT2D eigenvalue weighted by Gasteiger charge is -2.30. The Morgan fingerprint density at radius 3 is 2.31 bits per heavy atom. The van der Waals surface area contributed by atoms with Gasteiger partial charge in [-0.25, -0.2) is 4.39 Å². The summed E-state index contributed by atoms with van der Waals surface area (Å²) in [6, 6.07) is 6.83. The van der Waals surface area contributed by atoms with Gasteiger partial charge in [0.05, 0.1) is 0 Å². The Balaban J connectivity index is 2.11. The summed E-state index contributed by atoms with van der Waals surface area (Å²) in [6.45, 7) is 0. The first-order chi connectivity index (χ1) is 7.81. The number of rotatable bonds is 3. The molecule has 0 aliphatic heterocycles. The van der Waals surface area contributed by atoms with Crippen molar-refractivity contribution in [3.8, 4) is 0 Å². The number of halogens is 1. The second-order valence-electron chi connectivity index (χ2n) is 4.59. The van der Waals surface area contributed by atoms with Gasteiger partial charge in [0.1, 0.15) is 5.82 Å². The Hall–Kier alpha value is -0.930. The van der Waals surface area contributed by atoms with Crippen LogP contribution in [0.15, 0.2) is 24.3 Å². The lowest BCUT2D eigenvalue weighted by atomic mass is 9.81. The van der Waals surface area contributed by atoms with Crippen molar-refractivity contribution in [1.82, 2.24) is 5.43 Å². The van der Waals surface area contributed by atoms with Gasteiger partial charge in [0.25, 0.3) is 0 Å². The highest BCUT2D eigenvalue weighted by atomic mass is 19.1. The predicted octanol–water partition coefficient (Wildman–Crippen LogP) is 2.91. The van der Waals surface area contributed by atoms with Crippen molar-refractivity contribution < 1.29 is 4.39 Å².